The highest BCUT2D eigenvalue weighted by atomic mass is 79.9. The summed E-state index contributed by atoms with van der Waals surface area (Å²) in [6.45, 7) is 1.14. The average Bonchev–Trinajstić information content (AvgIpc) is 2.55. The van der Waals surface area contributed by atoms with Gasteiger partial charge in [-0.1, -0.05) is 34.1 Å². The predicted molar refractivity (Wildman–Crippen MR) is 96.0 cm³/mol. The van der Waals surface area contributed by atoms with Crippen LogP contribution < -0.4 is 14.5 Å². The first-order valence-corrected chi connectivity index (χ1v) is 8.26. The molecular formula is C18H22BrN2O2+. The zero-order chi connectivity index (χ0) is 16.8. The molecule has 0 aliphatic heterocycles. The fourth-order valence-corrected chi connectivity index (χ4v) is 2.85. The second kappa shape index (κ2) is 8.13. The fraction of sp³-hybridized carbons (Fsp3) is 0.278. The number of nitrogens with zero attached hydrogens (tertiary/aromatic N) is 1. The normalized spacial score (nSPS) is 11.8. The summed E-state index contributed by atoms with van der Waals surface area (Å²) in [5.41, 5.74) is 1.99. The molecule has 1 atom stereocenters. The van der Waals surface area contributed by atoms with Gasteiger partial charge in [0, 0.05) is 22.8 Å². The van der Waals surface area contributed by atoms with Crippen LogP contribution in [-0.2, 0) is 11.3 Å². The van der Waals surface area contributed by atoms with Gasteiger partial charge in [0.2, 0.25) is 0 Å². The molecule has 4 nitrogen and oxygen atoms in total. The molecule has 0 aliphatic rings. The van der Waals surface area contributed by atoms with Crippen LogP contribution in [0.3, 0.4) is 0 Å². The molecule has 23 heavy (non-hydrogen) atoms. The van der Waals surface area contributed by atoms with Crippen LogP contribution in [0, 0.1) is 0 Å². The van der Waals surface area contributed by atoms with E-state index in [0.29, 0.717) is 6.54 Å². The number of quaternary nitrogens is 1. The van der Waals surface area contributed by atoms with Crippen molar-refractivity contribution in [1.82, 2.24) is 0 Å². The number of nitrogens with one attached hydrogen (secondary N) is 1. The molecule has 0 bridgehead atoms. The SMILES string of the molecule is COc1ccc(Br)cc1C[NH+](C)CC(=O)N(C)c1ccccc1. The first kappa shape index (κ1) is 17.5. The molecule has 122 valence electrons. The predicted octanol–water partition coefficient (Wildman–Crippen LogP) is 2.14. The van der Waals surface area contributed by atoms with Gasteiger partial charge in [-0.3, -0.25) is 4.79 Å². The molecule has 0 saturated carbocycles. The number of rotatable bonds is 6. The summed E-state index contributed by atoms with van der Waals surface area (Å²) in [4.78, 5) is 15.2. The molecule has 0 fully saturated rings. The first-order valence-electron chi connectivity index (χ1n) is 7.46. The highest BCUT2D eigenvalue weighted by Gasteiger charge is 2.17. The van der Waals surface area contributed by atoms with E-state index < -0.39 is 0 Å². The van der Waals surface area contributed by atoms with Gasteiger partial charge in [0.05, 0.1) is 14.2 Å². The number of para-hydroxylation sites is 1. The van der Waals surface area contributed by atoms with E-state index in [2.05, 4.69) is 15.9 Å². The lowest BCUT2D eigenvalue weighted by atomic mass is 10.2. The third kappa shape index (κ3) is 4.81. The van der Waals surface area contributed by atoms with Gasteiger partial charge < -0.3 is 14.5 Å². The molecule has 1 unspecified atom stereocenters. The van der Waals surface area contributed by atoms with Gasteiger partial charge in [-0.05, 0) is 30.3 Å². The van der Waals surface area contributed by atoms with Crippen LogP contribution in [0.25, 0.3) is 0 Å². The minimum atomic E-state index is 0.0858. The van der Waals surface area contributed by atoms with Gasteiger partial charge in [0.25, 0.3) is 5.91 Å². The van der Waals surface area contributed by atoms with Crippen molar-refractivity contribution in [3.63, 3.8) is 0 Å². The second-order valence-corrected chi connectivity index (χ2v) is 6.47. The standard InChI is InChI=1S/C18H21BrN2O2/c1-20(12-14-11-15(19)9-10-17(14)23-3)13-18(22)21(2)16-7-5-4-6-8-16/h4-11H,12-13H2,1-3H3/p+1. The Hall–Kier alpha value is -1.85. The van der Waals surface area contributed by atoms with Crippen LogP contribution in [0.5, 0.6) is 5.75 Å². The van der Waals surface area contributed by atoms with Crippen LogP contribution in [0.1, 0.15) is 5.56 Å². The summed E-state index contributed by atoms with van der Waals surface area (Å²) in [6, 6.07) is 15.6. The van der Waals surface area contributed by atoms with Gasteiger partial charge in [-0.2, -0.15) is 0 Å². The number of likely N-dealkylation sites (N-methyl/N-ethyl adjacent to an activating group) is 2. The van der Waals surface area contributed by atoms with Crippen molar-refractivity contribution in [3.8, 4) is 5.75 Å². The largest absolute Gasteiger partial charge is 0.496 e. The zero-order valence-corrected chi connectivity index (χ0v) is 15.3. The number of ether oxygens (including phenoxy) is 1. The van der Waals surface area contributed by atoms with Gasteiger partial charge in [0.1, 0.15) is 12.3 Å². The molecule has 0 heterocycles. The molecule has 0 aromatic heterocycles. The Balaban J connectivity index is 2.01. The number of anilines is 1. The van der Waals surface area contributed by atoms with E-state index in [-0.39, 0.29) is 5.91 Å². The molecular weight excluding hydrogens is 356 g/mol. The van der Waals surface area contributed by atoms with E-state index in [9.17, 15) is 4.79 Å². The molecule has 2 rings (SSSR count). The monoisotopic (exact) mass is 377 g/mol. The Bertz CT molecular complexity index is 661. The third-order valence-corrected chi connectivity index (χ3v) is 4.20. The van der Waals surface area contributed by atoms with Gasteiger partial charge in [-0.15, -0.1) is 0 Å². The number of amides is 1. The lowest BCUT2D eigenvalue weighted by Crippen LogP contribution is -3.08. The number of carbonyl (C=O) groups is 1. The minimum absolute atomic E-state index is 0.0858. The van der Waals surface area contributed by atoms with Crippen molar-refractivity contribution in [1.29, 1.82) is 0 Å². The number of methoxy groups -OCH3 is 1. The summed E-state index contributed by atoms with van der Waals surface area (Å²) < 4.78 is 6.40. The molecule has 1 N–H and O–H groups in total. The van der Waals surface area contributed by atoms with Gasteiger partial charge in [0.15, 0.2) is 6.54 Å². The smallest absolute Gasteiger partial charge is 0.281 e. The third-order valence-electron chi connectivity index (χ3n) is 3.71. The van der Waals surface area contributed by atoms with E-state index in [1.54, 1.807) is 12.0 Å². The molecule has 2 aromatic carbocycles. The maximum absolute atomic E-state index is 12.4. The van der Waals surface area contributed by atoms with Crippen molar-refractivity contribution in [2.75, 3.05) is 32.6 Å². The van der Waals surface area contributed by atoms with E-state index in [4.69, 9.17) is 4.74 Å². The maximum Gasteiger partial charge on any atom is 0.281 e. The Kier molecular flexibility index (Phi) is 6.19. The minimum Gasteiger partial charge on any atom is -0.496 e. The number of hydrogen-bond donors (Lipinski definition) is 1. The number of carbonyl (C=O) groups excluding carboxylic acids is 1. The lowest BCUT2D eigenvalue weighted by Gasteiger charge is -2.20. The molecule has 0 radical (unpaired) electrons. The Morgan fingerprint density at radius 2 is 1.91 bits per heavy atom. The molecule has 0 spiro atoms. The van der Waals surface area contributed by atoms with E-state index >= 15 is 0 Å². The Morgan fingerprint density at radius 3 is 2.57 bits per heavy atom. The summed E-state index contributed by atoms with van der Waals surface area (Å²) in [5.74, 6) is 0.930. The van der Waals surface area contributed by atoms with Crippen LogP contribution in [-0.4, -0.2) is 33.7 Å². The summed E-state index contributed by atoms with van der Waals surface area (Å²) >= 11 is 3.48. The first-order chi connectivity index (χ1) is 11.0. The lowest BCUT2D eigenvalue weighted by molar-refractivity contribution is -0.885. The molecule has 5 heteroatoms. The van der Waals surface area contributed by atoms with E-state index in [1.165, 1.54) is 0 Å². The van der Waals surface area contributed by atoms with Gasteiger partial charge >= 0.3 is 0 Å². The van der Waals surface area contributed by atoms with Crippen LogP contribution in [0.15, 0.2) is 53.0 Å². The van der Waals surface area contributed by atoms with E-state index in [1.807, 2.05) is 62.6 Å². The second-order valence-electron chi connectivity index (χ2n) is 5.56. The van der Waals surface area contributed by atoms with Crippen molar-refractivity contribution in [2.45, 2.75) is 6.54 Å². The molecule has 0 aliphatic carbocycles. The van der Waals surface area contributed by atoms with Gasteiger partial charge in [-0.25, -0.2) is 0 Å². The van der Waals surface area contributed by atoms with Crippen LogP contribution in [0.4, 0.5) is 5.69 Å². The maximum atomic E-state index is 12.4. The zero-order valence-electron chi connectivity index (χ0n) is 13.7. The molecule has 0 saturated heterocycles. The Morgan fingerprint density at radius 1 is 1.22 bits per heavy atom. The molecule has 2 aromatic rings. The van der Waals surface area contributed by atoms with Crippen LogP contribution in [0.2, 0.25) is 0 Å². The topological polar surface area (TPSA) is 34.0 Å². The number of halogens is 1. The fourth-order valence-electron chi connectivity index (χ4n) is 2.45. The van der Waals surface area contributed by atoms with Crippen LogP contribution >= 0.6 is 15.9 Å². The summed E-state index contributed by atoms with van der Waals surface area (Å²) in [7, 11) is 5.48. The van der Waals surface area contributed by atoms with Crippen molar-refractivity contribution in [3.05, 3.63) is 58.6 Å². The van der Waals surface area contributed by atoms with Crippen molar-refractivity contribution in [2.24, 2.45) is 0 Å². The quantitative estimate of drug-likeness (QED) is 0.836. The average molecular weight is 378 g/mol. The highest BCUT2D eigenvalue weighted by Crippen LogP contribution is 2.22. The molecule has 1 amide bonds. The Labute approximate surface area is 145 Å². The summed E-state index contributed by atoms with van der Waals surface area (Å²) in [5, 5.41) is 0. The van der Waals surface area contributed by atoms with Crippen molar-refractivity contribution < 1.29 is 14.4 Å². The number of hydrogen-bond acceptors (Lipinski definition) is 2. The van der Waals surface area contributed by atoms with E-state index in [0.717, 1.165) is 32.9 Å². The van der Waals surface area contributed by atoms with Crippen molar-refractivity contribution >= 4 is 27.5 Å². The number of benzene rings is 2. The summed E-state index contributed by atoms with van der Waals surface area (Å²) in [6.07, 6.45) is 0. The highest BCUT2D eigenvalue weighted by molar-refractivity contribution is 9.10.